The average Bonchev–Trinajstić information content (AvgIpc) is 2.36. The first-order chi connectivity index (χ1) is 8.90. The molecule has 0 spiro atoms. The van der Waals surface area contributed by atoms with Crippen LogP contribution in [0.5, 0.6) is 0 Å². The molecule has 0 unspecified atom stereocenters. The maximum atomic E-state index is 11.9. The first-order valence-electron chi connectivity index (χ1n) is 5.90. The number of benzene rings is 1. The topological polar surface area (TPSA) is 72.9 Å². The molecule has 0 bridgehead atoms. The summed E-state index contributed by atoms with van der Waals surface area (Å²) in [5.74, 6) is -1.02. The Morgan fingerprint density at radius 2 is 1.89 bits per heavy atom. The standard InChI is InChI=1S/C13H19N3O3/c1-15(2)7-8-16(3)13(19)14-11-6-4-5-10(9-11)12(17)18/h4-6,9H,7-8H2,1-3H3,(H,14,19)(H,17,18). The molecular formula is C13H19N3O3. The second kappa shape index (κ2) is 6.75. The number of amides is 2. The zero-order valence-electron chi connectivity index (χ0n) is 11.4. The molecular weight excluding hydrogens is 246 g/mol. The summed E-state index contributed by atoms with van der Waals surface area (Å²) < 4.78 is 0. The van der Waals surface area contributed by atoms with Gasteiger partial charge in [0.05, 0.1) is 5.56 Å². The van der Waals surface area contributed by atoms with Crippen LogP contribution >= 0.6 is 0 Å². The molecule has 0 saturated carbocycles. The molecule has 1 rings (SSSR count). The van der Waals surface area contributed by atoms with Crippen molar-refractivity contribution in [2.75, 3.05) is 39.5 Å². The fourth-order valence-corrected chi connectivity index (χ4v) is 1.40. The summed E-state index contributed by atoms with van der Waals surface area (Å²) >= 11 is 0. The molecule has 6 nitrogen and oxygen atoms in total. The molecule has 19 heavy (non-hydrogen) atoms. The second-order valence-corrected chi connectivity index (χ2v) is 4.54. The quantitative estimate of drug-likeness (QED) is 0.844. The van der Waals surface area contributed by atoms with Gasteiger partial charge in [0, 0.05) is 25.8 Å². The number of anilines is 1. The van der Waals surface area contributed by atoms with E-state index in [-0.39, 0.29) is 11.6 Å². The van der Waals surface area contributed by atoms with Gasteiger partial charge in [-0.3, -0.25) is 0 Å². The van der Waals surface area contributed by atoms with Crippen LogP contribution in [-0.4, -0.2) is 61.1 Å². The molecule has 104 valence electrons. The van der Waals surface area contributed by atoms with E-state index < -0.39 is 5.97 Å². The largest absolute Gasteiger partial charge is 0.478 e. The van der Waals surface area contributed by atoms with Crippen LogP contribution in [0.2, 0.25) is 0 Å². The minimum atomic E-state index is -1.02. The molecule has 0 aliphatic heterocycles. The molecule has 0 saturated heterocycles. The molecule has 0 radical (unpaired) electrons. The minimum Gasteiger partial charge on any atom is -0.478 e. The predicted octanol–water partition coefficient (Wildman–Crippen LogP) is 1.41. The molecule has 0 aliphatic carbocycles. The summed E-state index contributed by atoms with van der Waals surface area (Å²) in [6, 6.07) is 5.90. The normalized spacial score (nSPS) is 10.3. The van der Waals surface area contributed by atoms with Crippen LogP contribution in [0.4, 0.5) is 10.5 Å². The van der Waals surface area contributed by atoms with Gasteiger partial charge in [-0.05, 0) is 32.3 Å². The molecule has 1 aromatic carbocycles. The number of aromatic carboxylic acids is 1. The first kappa shape index (κ1) is 15.0. The Morgan fingerprint density at radius 3 is 2.47 bits per heavy atom. The number of carbonyl (C=O) groups excluding carboxylic acids is 1. The van der Waals surface area contributed by atoms with Gasteiger partial charge < -0.3 is 20.2 Å². The van der Waals surface area contributed by atoms with Gasteiger partial charge in [-0.25, -0.2) is 9.59 Å². The molecule has 0 fully saturated rings. The van der Waals surface area contributed by atoms with E-state index in [0.717, 1.165) is 6.54 Å². The predicted molar refractivity (Wildman–Crippen MR) is 73.6 cm³/mol. The number of hydrogen-bond donors (Lipinski definition) is 2. The van der Waals surface area contributed by atoms with E-state index in [1.165, 1.54) is 12.1 Å². The van der Waals surface area contributed by atoms with Crippen LogP contribution < -0.4 is 5.32 Å². The smallest absolute Gasteiger partial charge is 0.335 e. The van der Waals surface area contributed by atoms with E-state index in [4.69, 9.17) is 5.11 Å². The van der Waals surface area contributed by atoms with Gasteiger partial charge in [0.25, 0.3) is 0 Å². The summed E-state index contributed by atoms with van der Waals surface area (Å²) in [6.45, 7) is 1.36. The molecule has 6 heteroatoms. The van der Waals surface area contributed by atoms with E-state index >= 15 is 0 Å². The van der Waals surface area contributed by atoms with Crippen molar-refractivity contribution in [3.8, 4) is 0 Å². The third-order valence-corrected chi connectivity index (χ3v) is 2.59. The van der Waals surface area contributed by atoms with Gasteiger partial charge in [-0.15, -0.1) is 0 Å². The van der Waals surface area contributed by atoms with Crippen molar-refractivity contribution < 1.29 is 14.7 Å². The molecule has 2 amide bonds. The van der Waals surface area contributed by atoms with Crippen molar-refractivity contribution in [2.45, 2.75) is 0 Å². The lowest BCUT2D eigenvalue weighted by atomic mass is 10.2. The van der Waals surface area contributed by atoms with Crippen molar-refractivity contribution in [2.24, 2.45) is 0 Å². The molecule has 0 aliphatic rings. The highest BCUT2D eigenvalue weighted by Crippen LogP contribution is 2.11. The Morgan fingerprint density at radius 1 is 1.21 bits per heavy atom. The van der Waals surface area contributed by atoms with Crippen LogP contribution in [0.25, 0.3) is 0 Å². The number of hydrogen-bond acceptors (Lipinski definition) is 3. The SMILES string of the molecule is CN(C)CCN(C)C(=O)Nc1cccc(C(=O)O)c1. The molecule has 0 aromatic heterocycles. The third kappa shape index (κ3) is 4.97. The van der Waals surface area contributed by atoms with E-state index in [2.05, 4.69) is 5.32 Å². The summed E-state index contributed by atoms with van der Waals surface area (Å²) in [5.41, 5.74) is 0.621. The minimum absolute atomic E-state index is 0.147. The summed E-state index contributed by atoms with van der Waals surface area (Å²) in [4.78, 5) is 26.2. The Balaban J connectivity index is 2.61. The zero-order chi connectivity index (χ0) is 14.4. The Labute approximate surface area is 112 Å². The van der Waals surface area contributed by atoms with Crippen LogP contribution in [0, 0.1) is 0 Å². The van der Waals surface area contributed by atoms with Gasteiger partial charge in [-0.2, -0.15) is 0 Å². The van der Waals surface area contributed by atoms with Gasteiger partial charge >= 0.3 is 12.0 Å². The maximum Gasteiger partial charge on any atom is 0.335 e. The number of urea groups is 1. The highest BCUT2D eigenvalue weighted by molar-refractivity contribution is 5.93. The van der Waals surface area contributed by atoms with Gasteiger partial charge in [-0.1, -0.05) is 6.07 Å². The number of nitrogens with one attached hydrogen (secondary N) is 1. The molecule has 0 atom stereocenters. The summed E-state index contributed by atoms with van der Waals surface area (Å²) in [6.07, 6.45) is 0. The van der Waals surface area contributed by atoms with Crippen molar-refractivity contribution in [1.82, 2.24) is 9.80 Å². The third-order valence-electron chi connectivity index (χ3n) is 2.59. The lowest BCUT2D eigenvalue weighted by Crippen LogP contribution is -2.36. The first-order valence-corrected chi connectivity index (χ1v) is 5.90. The van der Waals surface area contributed by atoms with Crippen molar-refractivity contribution in [3.63, 3.8) is 0 Å². The number of carboxylic acids is 1. The fraction of sp³-hybridized carbons (Fsp3) is 0.385. The molecule has 0 heterocycles. The van der Waals surface area contributed by atoms with Crippen LogP contribution in [-0.2, 0) is 0 Å². The lowest BCUT2D eigenvalue weighted by Gasteiger charge is -2.20. The summed E-state index contributed by atoms with van der Waals surface area (Å²) in [5, 5.41) is 11.5. The van der Waals surface area contributed by atoms with Crippen LogP contribution in [0.15, 0.2) is 24.3 Å². The monoisotopic (exact) mass is 265 g/mol. The molecule has 2 N–H and O–H groups in total. The number of carbonyl (C=O) groups is 2. The fourth-order valence-electron chi connectivity index (χ4n) is 1.40. The number of nitrogens with zero attached hydrogens (tertiary/aromatic N) is 2. The van der Waals surface area contributed by atoms with Gasteiger partial charge in [0.15, 0.2) is 0 Å². The van der Waals surface area contributed by atoms with Gasteiger partial charge in [0.1, 0.15) is 0 Å². The van der Waals surface area contributed by atoms with Crippen molar-refractivity contribution in [1.29, 1.82) is 0 Å². The number of carboxylic acid groups (broad SMARTS) is 1. The number of likely N-dealkylation sites (N-methyl/N-ethyl adjacent to an activating group) is 2. The summed E-state index contributed by atoms with van der Waals surface area (Å²) in [7, 11) is 5.56. The zero-order valence-corrected chi connectivity index (χ0v) is 11.4. The maximum absolute atomic E-state index is 11.9. The Kier molecular flexibility index (Phi) is 5.32. The van der Waals surface area contributed by atoms with Crippen LogP contribution in [0.3, 0.4) is 0 Å². The lowest BCUT2D eigenvalue weighted by molar-refractivity contribution is 0.0697. The second-order valence-electron chi connectivity index (χ2n) is 4.54. The van der Waals surface area contributed by atoms with Crippen molar-refractivity contribution >= 4 is 17.7 Å². The molecule has 1 aromatic rings. The highest BCUT2D eigenvalue weighted by Gasteiger charge is 2.10. The van der Waals surface area contributed by atoms with Crippen molar-refractivity contribution in [3.05, 3.63) is 29.8 Å². The number of rotatable bonds is 5. The Bertz CT molecular complexity index is 460. The van der Waals surface area contributed by atoms with E-state index in [9.17, 15) is 9.59 Å². The van der Waals surface area contributed by atoms with Crippen LogP contribution in [0.1, 0.15) is 10.4 Å². The highest BCUT2D eigenvalue weighted by atomic mass is 16.4. The van der Waals surface area contributed by atoms with E-state index in [1.807, 2.05) is 19.0 Å². The Hall–Kier alpha value is -2.08. The van der Waals surface area contributed by atoms with Gasteiger partial charge in [0.2, 0.25) is 0 Å². The van der Waals surface area contributed by atoms with E-state index in [0.29, 0.717) is 12.2 Å². The van der Waals surface area contributed by atoms with E-state index in [1.54, 1.807) is 24.1 Å². The average molecular weight is 265 g/mol.